The van der Waals surface area contributed by atoms with Gasteiger partial charge in [-0.2, -0.15) is 0 Å². The van der Waals surface area contributed by atoms with Gasteiger partial charge in [-0.25, -0.2) is 0 Å². The summed E-state index contributed by atoms with van der Waals surface area (Å²) in [6.07, 6.45) is 0.556. The Morgan fingerprint density at radius 1 is 1.00 bits per heavy atom. The van der Waals surface area contributed by atoms with Crippen LogP contribution in [0.5, 0.6) is 5.75 Å². The largest absolute Gasteiger partial charge is 0.493 e. The van der Waals surface area contributed by atoms with Gasteiger partial charge < -0.3 is 14.2 Å². The van der Waals surface area contributed by atoms with E-state index >= 15 is 0 Å². The van der Waals surface area contributed by atoms with Crippen LogP contribution in [0, 0.1) is 0 Å². The van der Waals surface area contributed by atoms with Gasteiger partial charge >= 0.3 is 0 Å². The molecular formula is C15H22O3. The van der Waals surface area contributed by atoms with Gasteiger partial charge in [0.1, 0.15) is 5.75 Å². The first-order valence-corrected chi connectivity index (χ1v) is 6.44. The molecule has 1 heterocycles. The molecule has 0 unspecified atom stereocenters. The molecular weight excluding hydrogens is 228 g/mol. The molecule has 1 aromatic rings. The zero-order valence-corrected chi connectivity index (χ0v) is 11.6. The molecule has 1 aliphatic rings. The maximum Gasteiger partial charge on any atom is 0.162 e. The molecule has 3 heteroatoms. The monoisotopic (exact) mass is 250 g/mol. The number of para-hydroxylation sites is 1. The molecule has 0 aliphatic carbocycles. The highest BCUT2D eigenvalue weighted by atomic mass is 16.7. The Labute approximate surface area is 109 Å². The Morgan fingerprint density at radius 3 is 2.11 bits per heavy atom. The molecule has 1 saturated heterocycles. The first-order chi connectivity index (χ1) is 8.41. The molecule has 100 valence electrons. The standard InChI is InChI=1S/C15H22O3/c1-14(2)15(3,4)18-13(17-14)10-11-16-12-8-6-5-7-9-12/h5-9,13H,10-11H2,1-4H3. The highest BCUT2D eigenvalue weighted by Gasteiger charge is 2.48. The van der Waals surface area contributed by atoms with E-state index in [9.17, 15) is 0 Å². The van der Waals surface area contributed by atoms with Crippen LogP contribution in [0.25, 0.3) is 0 Å². The molecule has 0 spiro atoms. The van der Waals surface area contributed by atoms with Crippen molar-refractivity contribution in [2.24, 2.45) is 0 Å². The van der Waals surface area contributed by atoms with Crippen LogP contribution in [0.15, 0.2) is 30.3 Å². The van der Waals surface area contributed by atoms with E-state index in [1.807, 2.05) is 30.3 Å². The van der Waals surface area contributed by atoms with Crippen LogP contribution in [-0.2, 0) is 9.47 Å². The summed E-state index contributed by atoms with van der Waals surface area (Å²) in [5.41, 5.74) is -0.519. The van der Waals surface area contributed by atoms with E-state index in [2.05, 4.69) is 27.7 Å². The molecule has 0 atom stereocenters. The second kappa shape index (κ2) is 4.90. The van der Waals surface area contributed by atoms with Crippen LogP contribution in [0.2, 0.25) is 0 Å². The molecule has 0 radical (unpaired) electrons. The van der Waals surface area contributed by atoms with E-state index in [1.54, 1.807) is 0 Å². The fourth-order valence-corrected chi connectivity index (χ4v) is 1.87. The van der Waals surface area contributed by atoms with Gasteiger partial charge in [-0.05, 0) is 39.8 Å². The summed E-state index contributed by atoms with van der Waals surface area (Å²) in [5.74, 6) is 0.883. The minimum atomic E-state index is -0.260. The zero-order valence-electron chi connectivity index (χ0n) is 11.6. The number of hydrogen-bond acceptors (Lipinski definition) is 3. The molecule has 1 aliphatic heterocycles. The van der Waals surface area contributed by atoms with Crippen LogP contribution in [0.4, 0.5) is 0 Å². The molecule has 0 N–H and O–H groups in total. The van der Waals surface area contributed by atoms with E-state index in [4.69, 9.17) is 14.2 Å². The van der Waals surface area contributed by atoms with E-state index in [-0.39, 0.29) is 17.5 Å². The lowest BCUT2D eigenvalue weighted by atomic mass is 9.90. The lowest BCUT2D eigenvalue weighted by molar-refractivity contribution is -0.0949. The van der Waals surface area contributed by atoms with Crippen LogP contribution < -0.4 is 4.74 Å². The summed E-state index contributed by atoms with van der Waals surface area (Å²) in [7, 11) is 0. The highest BCUT2D eigenvalue weighted by Crippen LogP contribution is 2.39. The van der Waals surface area contributed by atoms with Gasteiger partial charge in [0.05, 0.1) is 17.8 Å². The number of hydrogen-bond donors (Lipinski definition) is 0. The van der Waals surface area contributed by atoms with Crippen molar-refractivity contribution in [2.45, 2.75) is 51.6 Å². The molecule has 0 aromatic heterocycles. The number of rotatable bonds is 4. The smallest absolute Gasteiger partial charge is 0.162 e. The third-order valence-electron chi connectivity index (χ3n) is 3.67. The number of ether oxygens (including phenoxy) is 3. The molecule has 1 aromatic carbocycles. The molecule has 3 nitrogen and oxygen atoms in total. The van der Waals surface area contributed by atoms with Crippen molar-refractivity contribution in [1.82, 2.24) is 0 Å². The van der Waals surface area contributed by atoms with Crippen LogP contribution in [-0.4, -0.2) is 24.1 Å². The summed E-state index contributed by atoms with van der Waals surface area (Å²) < 4.78 is 17.4. The van der Waals surface area contributed by atoms with Gasteiger partial charge in [0.25, 0.3) is 0 Å². The fourth-order valence-electron chi connectivity index (χ4n) is 1.87. The van der Waals surface area contributed by atoms with Crippen molar-refractivity contribution in [3.05, 3.63) is 30.3 Å². The summed E-state index contributed by atoms with van der Waals surface area (Å²) in [6.45, 7) is 8.84. The van der Waals surface area contributed by atoms with Gasteiger partial charge in [-0.3, -0.25) is 0 Å². The average molecular weight is 250 g/mol. The van der Waals surface area contributed by atoms with E-state index in [0.717, 1.165) is 12.2 Å². The maximum absolute atomic E-state index is 5.90. The first kappa shape index (κ1) is 13.4. The predicted octanol–water partition coefficient (Wildman–Crippen LogP) is 3.39. The van der Waals surface area contributed by atoms with Crippen molar-refractivity contribution >= 4 is 0 Å². The SMILES string of the molecule is CC1(C)OC(CCOc2ccccc2)OC1(C)C. The summed E-state index contributed by atoms with van der Waals surface area (Å²) in [5, 5.41) is 0. The second-order valence-corrected chi connectivity index (χ2v) is 5.64. The van der Waals surface area contributed by atoms with E-state index in [0.29, 0.717) is 6.61 Å². The fraction of sp³-hybridized carbons (Fsp3) is 0.600. The van der Waals surface area contributed by atoms with Crippen LogP contribution in [0.3, 0.4) is 0 Å². The van der Waals surface area contributed by atoms with Gasteiger partial charge in [0.15, 0.2) is 6.29 Å². The van der Waals surface area contributed by atoms with E-state index < -0.39 is 0 Å². The summed E-state index contributed by atoms with van der Waals surface area (Å²) in [4.78, 5) is 0. The average Bonchev–Trinajstić information content (AvgIpc) is 2.49. The van der Waals surface area contributed by atoms with Crippen LogP contribution in [0.1, 0.15) is 34.1 Å². The topological polar surface area (TPSA) is 27.7 Å². The van der Waals surface area contributed by atoms with Gasteiger partial charge in [0, 0.05) is 6.42 Å². The predicted molar refractivity (Wildman–Crippen MR) is 70.7 cm³/mol. The second-order valence-electron chi connectivity index (χ2n) is 5.64. The third-order valence-corrected chi connectivity index (χ3v) is 3.67. The summed E-state index contributed by atoms with van der Waals surface area (Å²) >= 11 is 0. The van der Waals surface area contributed by atoms with Crippen LogP contribution >= 0.6 is 0 Å². The molecule has 1 fully saturated rings. The molecule has 0 saturated carbocycles. The van der Waals surface area contributed by atoms with Crippen molar-refractivity contribution in [3.63, 3.8) is 0 Å². The first-order valence-electron chi connectivity index (χ1n) is 6.44. The lowest BCUT2D eigenvalue weighted by Crippen LogP contribution is -2.41. The maximum atomic E-state index is 5.90. The Kier molecular flexibility index (Phi) is 3.64. The number of benzene rings is 1. The third kappa shape index (κ3) is 2.85. The minimum Gasteiger partial charge on any atom is -0.493 e. The molecule has 18 heavy (non-hydrogen) atoms. The quantitative estimate of drug-likeness (QED) is 0.820. The minimum absolute atomic E-state index is 0.182. The molecule has 0 amide bonds. The normalized spacial score (nSPS) is 22.0. The molecule has 2 rings (SSSR count). The zero-order chi connectivity index (χ0) is 13.2. The Hall–Kier alpha value is -1.06. The summed E-state index contributed by atoms with van der Waals surface area (Å²) in [6, 6.07) is 9.80. The van der Waals surface area contributed by atoms with Gasteiger partial charge in [0.2, 0.25) is 0 Å². The Morgan fingerprint density at radius 2 is 1.56 bits per heavy atom. The van der Waals surface area contributed by atoms with E-state index in [1.165, 1.54) is 0 Å². The lowest BCUT2D eigenvalue weighted by Gasteiger charge is -2.30. The Balaban J connectivity index is 1.79. The Bertz CT molecular complexity index is 368. The van der Waals surface area contributed by atoms with Crippen molar-refractivity contribution in [2.75, 3.05) is 6.61 Å². The van der Waals surface area contributed by atoms with Crippen molar-refractivity contribution in [3.8, 4) is 5.75 Å². The van der Waals surface area contributed by atoms with Gasteiger partial charge in [-0.1, -0.05) is 18.2 Å². The van der Waals surface area contributed by atoms with Gasteiger partial charge in [-0.15, -0.1) is 0 Å². The molecule has 0 bridgehead atoms. The highest BCUT2D eigenvalue weighted by molar-refractivity contribution is 5.20. The van der Waals surface area contributed by atoms with Crippen molar-refractivity contribution < 1.29 is 14.2 Å². The van der Waals surface area contributed by atoms with Crippen molar-refractivity contribution in [1.29, 1.82) is 0 Å².